The Bertz CT molecular complexity index is 671. The monoisotopic (exact) mass is 319 g/mol. The molecule has 5 heteroatoms. The standard InChI is InChI=1S/C17H18ClNO3/c1-11(20)14-5-3-4-6-15(14)19-17(21)10-12-9-13(18)7-8-16(12)22-2/h3-9,11,20H,10H2,1-2H3,(H,19,21). The SMILES string of the molecule is COc1ccc(Cl)cc1CC(=O)Nc1ccccc1C(C)O. The van der Waals surface area contributed by atoms with E-state index >= 15 is 0 Å². The molecule has 0 heterocycles. The van der Waals surface area contributed by atoms with E-state index in [4.69, 9.17) is 16.3 Å². The van der Waals surface area contributed by atoms with Gasteiger partial charge in [0.2, 0.25) is 5.91 Å². The summed E-state index contributed by atoms with van der Waals surface area (Å²) in [5, 5.41) is 13.1. The van der Waals surface area contributed by atoms with Crippen molar-refractivity contribution in [3.05, 3.63) is 58.6 Å². The molecule has 1 atom stereocenters. The molecule has 2 aromatic carbocycles. The summed E-state index contributed by atoms with van der Waals surface area (Å²) in [6, 6.07) is 12.3. The Labute approximate surface area is 134 Å². The molecule has 22 heavy (non-hydrogen) atoms. The first kappa shape index (κ1) is 16.3. The van der Waals surface area contributed by atoms with Gasteiger partial charge in [0.15, 0.2) is 0 Å². The number of carbonyl (C=O) groups excluding carboxylic acids is 1. The summed E-state index contributed by atoms with van der Waals surface area (Å²) in [7, 11) is 1.55. The van der Waals surface area contributed by atoms with Crippen LogP contribution in [0.2, 0.25) is 5.02 Å². The molecule has 0 bridgehead atoms. The predicted octanol–water partition coefficient (Wildman–Crippen LogP) is 3.58. The molecule has 2 rings (SSSR count). The maximum Gasteiger partial charge on any atom is 0.228 e. The number of para-hydroxylation sites is 1. The molecule has 2 aromatic rings. The number of halogens is 1. The topological polar surface area (TPSA) is 58.6 Å². The van der Waals surface area contributed by atoms with Crippen LogP contribution in [0.15, 0.2) is 42.5 Å². The lowest BCUT2D eigenvalue weighted by Crippen LogP contribution is -2.16. The lowest BCUT2D eigenvalue weighted by Gasteiger charge is -2.14. The molecule has 2 N–H and O–H groups in total. The maximum absolute atomic E-state index is 12.2. The number of ether oxygens (including phenoxy) is 1. The fourth-order valence-electron chi connectivity index (χ4n) is 2.23. The van der Waals surface area contributed by atoms with Crippen molar-refractivity contribution in [3.8, 4) is 5.75 Å². The van der Waals surface area contributed by atoms with Crippen molar-refractivity contribution in [1.82, 2.24) is 0 Å². The van der Waals surface area contributed by atoms with Crippen LogP contribution in [0.4, 0.5) is 5.69 Å². The molecular weight excluding hydrogens is 302 g/mol. The average molecular weight is 320 g/mol. The Hall–Kier alpha value is -2.04. The van der Waals surface area contributed by atoms with Gasteiger partial charge < -0.3 is 15.2 Å². The lowest BCUT2D eigenvalue weighted by molar-refractivity contribution is -0.115. The highest BCUT2D eigenvalue weighted by molar-refractivity contribution is 6.30. The zero-order valence-electron chi connectivity index (χ0n) is 12.5. The van der Waals surface area contributed by atoms with E-state index < -0.39 is 6.10 Å². The average Bonchev–Trinajstić information content (AvgIpc) is 2.47. The minimum atomic E-state index is -0.655. The molecule has 0 radical (unpaired) electrons. The molecule has 0 spiro atoms. The largest absolute Gasteiger partial charge is 0.496 e. The molecule has 0 fully saturated rings. The first-order valence-electron chi connectivity index (χ1n) is 6.90. The number of hydrogen-bond donors (Lipinski definition) is 2. The Kier molecular flexibility index (Phi) is 5.41. The van der Waals surface area contributed by atoms with E-state index in [0.717, 1.165) is 0 Å². The third-order valence-electron chi connectivity index (χ3n) is 3.28. The molecule has 0 aromatic heterocycles. The summed E-state index contributed by atoms with van der Waals surface area (Å²) >= 11 is 5.96. The van der Waals surface area contributed by atoms with Crippen molar-refractivity contribution in [2.24, 2.45) is 0 Å². The number of aliphatic hydroxyl groups is 1. The summed E-state index contributed by atoms with van der Waals surface area (Å²) in [4.78, 5) is 12.2. The van der Waals surface area contributed by atoms with E-state index in [1.807, 2.05) is 12.1 Å². The molecule has 116 valence electrons. The van der Waals surface area contributed by atoms with E-state index in [2.05, 4.69) is 5.32 Å². The van der Waals surface area contributed by atoms with Gasteiger partial charge in [-0.3, -0.25) is 4.79 Å². The number of carbonyl (C=O) groups is 1. The summed E-state index contributed by atoms with van der Waals surface area (Å²) in [6.45, 7) is 1.66. The van der Waals surface area contributed by atoms with Crippen LogP contribution in [0.5, 0.6) is 5.75 Å². The van der Waals surface area contributed by atoms with Crippen molar-refractivity contribution >= 4 is 23.2 Å². The lowest BCUT2D eigenvalue weighted by atomic mass is 10.1. The van der Waals surface area contributed by atoms with Crippen LogP contribution >= 0.6 is 11.6 Å². The van der Waals surface area contributed by atoms with Gasteiger partial charge in [-0.2, -0.15) is 0 Å². The molecular formula is C17H18ClNO3. The van der Waals surface area contributed by atoms with Crippen molar-refractivity contribution in [2.45, 2.75) is 19.4 Å². The van der Waals surface area contributed by atoms with E-state index in [0.29, 0.717) is 27.6 Å². The van der Waals surface area contributed by atoms with Gasteiger partial charge in [-0.15, -0.1) is 0 Å². The van der Waals surface area contributed by atoms with Crippen LogP contribution in [0.1, 0.15) is 24.2 Å². The highest BCUT2D eigenvalue weighted by atomic mass is 35.5. The molecule has 0 aliphatic heterocycles. The van der Waals surface area contributed by atoms with Crippen LogP contribution in [-0.4, -0.2) is 18.1 Å². The number of aliphatic hydroxyl groups excluding tert-OH is 1. The first-order chi connectivity index (χ1) is 10.5. The molecule has 0 aliphatic rings. The minimum Gasteiger partial charge on any atom is -0.496 e. The number of nitrogens with one attached hydrogen (secondary N) is 1. The Morgan fingerprint density at radius 1 is 1.32 bits per heavy atom. The van der Waals surface area contributed by atoms with Gasteiger partial charge in [-0.1, -0.05) is 29.8 Å². The van der Waals surface area contributed by atoms with Crippen LogP contribution in [-0.2, 0) is 11.2 Å². The van der Waals surface area contributed by atoms with Gasteiger partial charge in [0.1, 0.15) is 5.75 Å². The Morgan fingerprint density at radius 2 is 2.05 bits per heavy atom. The van der Waals surface area contributed by atoms with Crippen molar-refractivity contribution in [3.63, 3.8) is 0 Å². The molecule has 4 nitrogen and oxygen atoms in total. The van der Waals surface area contributed by atoms with Gasteiger partial charge >= 0.3 is 0 Å². The predicted molar refractivity (Wildman–Crippen MR) is 87.4 cm³/mol. The molecule has 0 saturated heterocycles. The van der Waals surface area contributed by atoms with Gasteiger partial charge in [0.25, 0.3) is 0 Å². The van der Waals surface area contributed by atoms with E-state index in [-0.39, 0.29) is 12.3 Å². The van der Waals surface area contributed by atoms with E-state index in [9.17, 15) is 9.90 Å². The summed E-state index contributed by atoms with van der Waals surface area (Å²) < 4.78 is 5.23. The maximum atomic E-state index is 12.2. The van der Waals surface area contributed by atoms with Crippen LogP contribution < -0.4 is 10.1 Å². The quantitative estimate of drug-likeness (QED) is 0.885. The van der Waals surface area contributed by atoms with Gasteiger partial charge in [0.05, 0.1) is 19.6 Å². The zero-order chi connectivity index (χ0) is 16.1. The van der Waals surface area contributed by atoms with Gasteiger partial charge in [0, 0.05) is 21.8 Å². The number of rotatable bonds is 5. The van der Waals surface area contributed by atoms with Gasteiger partial charge in [-0.05, 0) is 31.2 Å². The highest BCUT2D eigenvalue weighted by Crippen LogP contribution is 2.25. The fraction of sp³-hybridized carbons (Fsp3) is 0.235. The summed E-state index contributed by atoms with van der Waals surface area (Å²) in [5.74, 6) is 0.414. The first-order valence-corrected chi connectivity index (χ1v) is 7.28. The number of hydrogen-bond acceptors (Lipinski definition) is 3. The van der Waals surface area contributed by atoms with Gasteiger partial charge in [-0.25, -0.2) is 0 Å². The van der Waals surface area contributed by atoms with E-state index in [1.54, 1.807) is 44.4 Å². The summed E-state index contributed by atoms with van der Waals surface area (Å²) in [5.41, 5.74) is 1.99. The minimum absolute atomic E-state index is 0.137. The van der Waals surface area contributed by atoms with Crippen LogP contribution in [0.3, 0.4) is 0 Å². The third kappa shape index (κ3) is 4.00. The fourth-order valence-corrected chi connectivity index (χ4v) is 2.42. The highest BCUT2D eigenvalue weighted by Gasteiger charge is 2.13. The molecule has 1 unspecified atom stereocenters. The van der Waals surface area contributed by atoms with Crippen molar-refractivity contribution < 1.29 is 14.6 Å². The third-order valence-corrected chi connectivity index (χ3v) is 3.51. The van der Waals surface area contributed by atoms with Crippen molar-refractivity contribution in [1.29, 1.82) is 0 Å². The smallest absolute Gasteiger partial charge is 0.228 e. The van der Waals surface area contributed by atoms with Crippen LogP contribution in [0, 0.1) is 0 Å². The number of benzene rings is 2. The zero-order valence-corrected chi connectivity index (χ0v) is 13.2. The number of anilines is 1. The molecule has 0 aliphatic carbocycles. The van der Waals surface area contributed by atoms with Crippen molar-refractivity contribution in [2.75, 3.05) is 12.4 Å². The number of amides is 1. The Balaban J connectivity index is 2.16. The van der Waals surface area contributed by atoms with Crippen LogP contribution in [0.25, 0.3) is 0 Å². The second kappa shape index (κ2) is 7.29. The second-order valence-electron chi connectivity index (χ2n) is 4.94. The molecule has 0 saturated carbocycles. The molecule has 1 amide bonds. The number of methoxy groups -OCH3 is 1. The van der Waals surface area contributed by atoms with E-state index in [1.165, 1.54) is 0 Å². The normalized spacial score (nSPS) is 11.8. The Morgan fingerprint density at radius 3 is 2.73 bits per heavy atom. The summed E-state index contributed by atoms with van der Waals surface area (Å²) in [6.07, 6.45) is -0.519. The second-order valence-corrected chi connectivity index (χ2v) is 5.38.